The van der Waals surface area contributed by atoms with Gasteiger partial charge in [0.1, 0.15) is 11.5 Å². The van der Waals surface area contributed by atoms with E-state index in [1.54, 1.807) is 43.5 Å². The highest BCUT2D eigenvalue weighted by atomic mass is 79.9. The van der Waals surface area contributed by atoms with Gasteiger partial charge in [0.2, 0.25) is 0 Å². The number of amides is 2. The summed E-state index contributed by atoms with van der Waals surface area (Å²) >= 11 is 3.32. The summed E-state index contributed by atoms with van der Waals surface area (Å²) in [6.45, 7) is 0.178. The monoisotopic (exact) mass is 392 g/mol. The van der Waals surface area contributed by atoms with Gasteiger partial charge in [-0.2, -0.15) is 0 Å². The van der Waals surface area contributed by atoms with E-state index in [1.165, 1.54) is 0 Å². The number of carbonyl (C=O) groups is 2. The van der Waals surface area contributed by atoms with Crippen molar-refractivity contribution in [1.82, 2.24) is 5.32 Å². The van der Waals surface area contributed by atoms with Gasteiger partial charge in [0, 0.05) is 16.7 Å². The summed E-state index contributed by atoms with van der Waals surface area (Å²) in [7, 11) is 1.56. The molecule has 0 heterocycles. The highest BCUT2D eigenvalue weighted by molar-refractivity contribution is 9.10. The number of ether oxygens (including phenoxy) is 2. The number of halogens is 1. The Hall–Kier alpha value is -2.54. The Bertz CT molecular complexity index is 687. The quantitative estimate of drug-likeness (QED) is 0.581. The number of hydrogen-bond donors (Lipinski definition) is 2. The number of benzene rings is 2. The van der Waals surface area contributed by atoms with Gasteiger partial charge in [-0.25, -0.2) is 4.79 Å². The molecule has 2 aromatic rings. The minimum absolute atomic E-state index is 0.0692. The zero-order valence-electron chi connectivity index (χ0n) is 13.0. The molecule has 2 aromatic carbocycles. The fourth-order valence-electron chi connectivity index (χ4n) is 1.81. The molecule has 0 spiro atoms. The predicted molar refractivity (Wildman–Crippen MR) is 94.4 cm³/mol. The highest BCUT2D eigenvalue weighted by Crippen LogP contribution is 2.17. The van der Waals surface area contributed by atoms with Crippen molar-refractivity contribution in [2.75, 3.05) is 19.0 Å². The van der Waals surface area contributed by atoms with Crippen LogP contribution in [-0.2, 0) is 4.79 Å². The molecule has 0 aromatic heterocycles. The topological polar surface area (TPSA) is 76.7 Å². The van der Waals surface area contributed by atoms with Crippen molar-refractivity contribution >= 4 is 33.6 Å². The van der Waals surface area contributed by atoms with Crippen LogP contribution in [0.2, 0.25) is 0 Å². The lowest BCUT2D eigenvalue weighted by atomic mass is 10.3. The highest BCUT2D eigenvalue weighted by Gasteiger charge is 2.07. The predicted octanol–water partition coefficient (Wildman–Crippen LogP) is 3.57. The molecule has 0 saturated carbocycles. The van der Waals surface area contributed by atoms with E-state index in [2.05, 4.69) is 26.6 Å². The molecule has 0 saturated heterocycles. The van der Waals surface area contributed by atoms with E-state index in [0.717, 1.165) is 4.47 Å². The van der Waals surface area contributed by atoms with Crippen LogP contribution in [0.5, 0.6) is 11.5 Å². The summed E-state index contributed by atoms with van der Waals surface area (Å²) in [6, 6.07) is 13.5. The standard InChI is InChI=1S/C17H17BrN2O4/c1-23-14-6-8-15(9-7-14)24-16(21)10-11-19-17(22)20-13-4-2-12(18)3-5-13/h2-9H,10-11H2,1H3,(H2,19,20,22). The lowest BCUT2D eigenvalue weighted by Gasteiger charge is -2.08. The summed E-state index contributed by atoms with van der Waals surface area (Å²) in [6.07, 6.45) is 0.0692. The van der Waals surface area contributed by atoms with Crippen molar-refractivity contribution < 1.29 is 19.1 Å². The maximum Gasteiger partial charge on any atom is 0.319 e. The van der Waals surface area contributed by atoms with Crippen LogP contribution in [0.3, 0.4) is 0 Å². The molecular formula is C17H17BrN2O4. The van der Waals surface area contributed by atoms with E-state index in [4.69, 9.17) is 9.47 Å². The van der Waals surface area contributed by atoms with Crippen LogP contribution in [0.4, 0.5) is 10.5 Å². The molecule has 2 amide bonds. The average Bonchev–Trinajstić information content (AvgIpc) is 2.57. The first-order valence-electron chi connectivity index (χ1n) is 7.22. The molecule has 0 aliphatic heterocycles. The van der Waals surface area contributed by atoms with Gasteiger partial charge in [-0.05, 0) is 48.5 Å². The van der Waals surface area contributed by atoms with Crippen molar-refractivity contribution in [3.05, 3.63) is 53.0 Å². The van der Waals surface area contributed by atoms with Gasteiger partial charge in [-0.15, -0.1) is 0 Å². The maximum absolute atomic E-state index is 11.7. The van der Waals surface area contributed by atoms with Crippen LogP contribution in [0.1, 0.15) is 6.42 Å². The summed E-state index contributed by atoms with van der Waals surface area (Å²) in [5.74, 6) is 0.685. The van der Waals surface area contributed by atoms with Crippen LogP contribution >= 0.6 is 15.9 Å². The third kappa shape index (κ3) is 5.92. The normalized spacial score (nSPS) is 9.92. The SMILES string of the molecule is COc1ccc(OC(=O)CCNC(=O)Nc2ccc(Br)cc2)cc1. The molecule has 0 unspecified atom stereocenters. The Morgan fingerprint density at radius 1 is 1.00 bits per heavy atom. The first-order chi connectivity index (χ1) is 11.6. The third-order valence-corrected chi connectivity index (χ3v) is 3.54. The fraction of sp³-hybridized carbons (Fsp3) is 0.176. The van der Waals surface area contributed by atoms with E-state index >= 15 is 0 Å². The lowest BCUT2D eigenvalue weighted by Crippen LogP contribution is -2.31. The van der Waals surface area contributed by atoms with Gasteiger partial charge in [-0.1, -0.05) is 15.9 Å². The number of hydrogen-bond acceptors (Lipinski definition) is 4. The van der Waals surface area contributed by atoms with Crippen molar-refractivity contribution in [3.63, 3.8) is 0 Å². The average molecular weight is 393 g/mol. The molecule has 24 heavy (non-hydrogen) atoms. The smallest absolute Gasteiger partial charge is 0.319 e. The van der Waals surface area contributed by atoms with Crippen LogP contribution in [0.25, 0.3) is 0 Å². The van der Waals surface area contributed by atoms with Gasteiger partial charge in [0.05, 0.1) is 13.5 Å². The second-order valence-corrected chi connectivity index (χ2v) is 5.70. The Kier molecular flexibility index (Phi) is 6.62. The molecule has 0 aliphatic rings. The minimum atomic E-state index is -0.427. The minimum Gasteiger partial charge on any atom is -0.497 e. The second-order valence-electron chi connectivity index (χ2n) is 4.79. The van der Waals surface area contributed by atoms with E-state index in [1.807, 2.05) is 12.1 Å². The molecule has 7 heteroatoms. The van der Waals surface area contributed by atoms with E-state index in [-0.39, 0.29) is 19.0 Å². The first kappa shape index (κ1) is 17.8. The Balaban J connectivity index is 1.69. The van der Waals surface area contributed by atoms with Crippen LogP contribution in [0, 0.1) is 0 Å². The first-order valence-corrected chi connectivity index (χ1v) is 8.01. The summed E-state index contributed by atoms with van der Waals surface area (Å²) < 4.78 is 11.1. The number of esters is 1. The maximum atomic E-state index is 11.7. The van der Waals surface area contributed by atoms with Crippen molar-refractivity contribution in [2.45, 2.75) is 6.42 Å². The number of nitrogens with one attached hydrogen (secondary N) is 2. The number of rotatable bonds is 6. The molecule has 0 aliphatic carbocycles. The number of urea groups is 1. The van der Waals surface area contributed by atoms with Crippen molar-refractivity contribution in [1.29, 1.82) is 0 Å². The molecule has 0 radical (unpaired) electrons. The largest absolute Gasteiger partial charge is 0.497 e. The van der Waals surface area contributed by atoms with Crippen LogP contribution in [-0.4, -0.2) is 25.7 Å². The molecule has 2 rings (SSSR count). The summed E-state index contributed by atoms with van der Waals surface area (Å²) in [4.78, 5) is 23.4. The van der Waals surface area contributed by atoms with E-state index in [9.17, 15) is 9.59 Å². The second kappa shape index (κ2) is 8.93. The van der Waals surface area contributed by atoms with Gasteiger partial charge in [0.25, 0.3) is 0 Å². The van der Waals surface area contributed by atoms with E-state index in [0.29, 0.717) is 17.2 Å². The molecular weight excluding hydrogens is 376 g/mol. The number of anilines is 1. The zero-order valence-corrected chi connectivity index (χ0v) is 14.6. The zero-order chi connectivity index (χ0) is 17.4. The Morgan fingerprint density at radius 2 is 1.62 bits per heavy atom. The van der Waals surface area contributed by atoms with Gasteiger partial charge in [-0.3, -0.25) is 4.79 Å². The summed E-state index contributed by atoms with van der Waals surface area (Å²) in [5.41, 5.74) is 0.663. The fourth-order valence-corrected chi connectivity index (χ4v) is 2.08. The number of carbonyl (C=O) groups excluding carboxylic acids is 2. The molecule has 126 valence electrons. The molecule has 2 N–H and O–H groups in total. The lowest BCUT2D eigenvalue weighted by molar-refractivity contribution is -0.134. The van der Waals surface area contributed by atoms with Gasteiger partial charge >= 0.3 is 12.0 Å². The van der Waals surface area contributed by atoms with Gasteiger partial charge in [0.15, 0.2) is 0 Å². The Labute approximate surface area is 148 Å². The molecule has 0 bridgehead atoms. The van der Waals surface area contributed by atoms with Crippen molar-refractivity contribution in [2.24, 2.45) is 0 Å². The van der Waals surface area contributed by atoms with E-state index < -0.39 is 5.97 Å². The van der Waals surface area contributed by atoms with Crippen LogP contribution in [0.15, 0.2) is 53.0 Å². The van der Waals surface area contributed by atoms with Crippen LogP contribution < -0.4 is 20.1 Å². The van der Waals surface area contributed by atoms with Gasteiger partial charge < -0.3 is 20.1 Å². The number of methoxy groups -OCH3 is 1. The molecule has 0 atom stereocenters. The Morgan fingerprint density at radius 3 is 2.25 bits per heavy atom. The molecule has 6 nitrogen and oxygen atoms in total. The molecule has 0 fully saturated rings. The third-order valence-electron chi connectivity index (χ3n) is 3.01. The van der Waals surface area contributed by atoms with Crippen molar-refractivity contribution in [3.8, 4) is 11.5 Å². The summed E-state index contributed by atoms with van der Waals surface area (Å²) in [5, 5.41) is 5.27.